The van der Waals surface area contributed by atoms with Gasteiger partial charge in [0, 0.05) is 18.7 Å². The maximum atomic E-state index is 12.5. The van der Waals surface area contributed by atoms with Gasteiger partial charge in [0.15, 0.2) is 0 Å². The highest BCUT2D eigenvalue weighted by atomic mass is 16.5. The van der Waals surface area contributed by atoms with Crippen molar-refractivity contribution in [3.05, 3.63) is 35.4 Å². The largest absolute Gasteiger partial charge is 0.469 e. The molecule has 5 nitrogen and oxygen atoms in total. The number of ether oxygens (including phenoxy) is 1. The molecule has 1 atom stereocenters. The van der Waals surface area contributed by atoms with E-state index in [1.54, 1.807) is 5.01 Å². The van der Waals surface area contributed by atoms with Crippen molar-refractivity contribution in [3.63, 3.8) is 0 Å². The van der Waals surface area contributed by atoms with E-state index in [4.69, 9.17) is 4.74 Å². The van der Waals surface area contributed by atoms with Crippen LogP contribution < -0.4 is 0 Å². The van der Waals surface area contributed by atoms with Gasteiger partial charge in [0.2, 0.25) is 0 Å². The first-order valence-electron chi connectivity index (χ1n) is 6.88. The minimum absolute atomic E-state index is 0.00827. The average Bonchev–Trinajstić information content (AvgIpc) is 2.49. The van der Waals surface area contributed by atoms with Crippen LogP contribution in [0.4, 0.5) is 0 Å². The molecule has 0 saturated heterocycles. The van der Waals surface area contributed by atoms with Gasteiger partial charge >= 0.3 is 5.97 Å². The molecular formula is C15H20N2O3. The smallest absolute Gasteiger partial charge is 0.307 e. The number of esters is 1. The third-order valence-electron chi connectivity index (χ3n) is 3.67. The molecule has 0 saturated carbocycles. The van der Waals surface area contributed by atoms with Crippen molar-refractivity contribution in [1.29, 1.82) is 0 Å². The summed E-state index contributed by atoms with van der Waals surface area (Å²) in [6.07, 6.45) is 0.241. The second-order valence-corrected chi connectivity index (χ2v) is 4.66. The molecule has 20 heavy (non-hydrogen) atoms. The molecule has 1 aliphatic rings. The van der Waals surface area contributed by atoms with Crippen LogP contribution in [0.25, 0.3) is 0 Å². The van der Waals surface area contributed by atoms with Gasteiger partial charge < -0.3 is 4.74 Å². The Morgan fingerprint density at radius 1 is 1.25 bits per heavy atom. The van der Waals surface area contributed by atoms with Gasteiger partial charge in [-0.25, -0.2) is 5.01 Å². The van der Waals surface area contributed by atoms with Crippen molar-refractivity contribution in [1.82, 2.24) is 10.0 Å². The number of hydrazine groups is 1. The molecule has 2 rings (SSSR count). The Bertz CT molecular complexity index is 516. The van der Waals surface area contributed by atoms with Crippen LogP contribution >= 0.6 is 0 Å². The molecule has 0 aromatic heterocycles. The first-order chi connectivity index (χ1) is 9.63. The molecule has 1 amide bonds. The van der Waals surface area contributed by atoms with Gasteiger partial charge in [-0.05, 0) is 18.6 Å². The molecule has 1 unspecified atom stereocenters. The highest BCUT2D eigenvalue weighted by Crippen LogP contribution is 2.34. The summed E-state index contributed by atoms with van der Waals surface area (Å²) in [5.41, 5.74) is 1.57. The summed E-state index contributed by atoms with van der Waals surface area (Å²) < 4.78 is 4.79. The van der Waals surface area contributed by atoms with E-state index < -0.39 is 0 Å². The molecule has 1 aromatic carbocycles. The summed E-state index contributed by atoms with van der Waals surface area (Å²) in [5, 5.41) is 3.65. The van der Waals surface area contributed by atoms with Crippen LogP contribution in [0.1, 0.15) is 42.2 Å². The number of methoxy groups -OCH3 is 1. The van der Waals surface area contributed by atoms with Gasteiger partial charge in [0.05, 0.1) is 19.6 Å². The van der Waals surface area contributed by atoms with Crippen LogP contribution in [0.3, 0.4) is 0 Å². The van der Waals surface area contributed by atoms with E-state index in [-0.39, 0.29) is 24.3 Å². The van der Waals surface area contributed by atoms with E-state index in [1.807, 2.05) is 43.1 Å². The number of fused-ring (bicyclic) bond motifs is 1. The van der Waals surface area contributed by atoms with Crippen molar-refractivity contribution in [2.24, 2.45) is 0 Å². The van der Waals surface area contributed by atoms with Gasteiger partial charge in [0.25, 0.3) is 5.91 Å². The Morgan fingerprint density at radius 2 is 1.95 bits per heavy atom. The quantitative estimate of drug-likeness (QED) is 0.789. The summed E-state index contributed by atoms with van der Waals surface area (Å²) in [6.45, 7) is 5.16. The zero-order valence-corrected chi connectivity index (χ0v) is 12.1. The van der Waals surface area contributed by atoms with Crippen molar-refractivity contribution in [2.75, 3.05) is 20.2 Å². The number of rotatable bonds is 4. The predicted octanol–water partition coefficient (Wildman–Crippen LogP) is 2.00. The Balaban J connectivity index is 2.47. The van der Waals surface area contributed by atoms with Gasteiger partial charge in [-0.15, -0.1) is 0 Å². The standard InChI is InChI=1S/C15H20N2O3/c1-4-16-13(10-14(18)20-3)11-8-6-7-9-12(11)15(19)17(16)5-2/h6-9,13H,4-5,10H2,1-3H3. The van der Waals surface area contributed by atoms with Crippen LogP contribution in [0.5, 0.6) is 0 Å². The number of amides is 1. The summed E-state index contributed by atoms with van der Waals surface area (Å²) >= 11 is 0. The summed E-state index contributed by atoms with van der Waals surface area (Å²) in [7, 11) is 1.39. The predicted molar refractivity (Wildman–Crippen MR) is 74.9 cm³/mol. The van der Waals surface area contributed by atoms with Gasteiger partial charge in [-0.1, -0.05) is 25.1 Å². The van der Waals surface area contributed by atoms with Crippen molar-refractivity contribution >= 4 is 11.9 Å². The molecular weight excluding hydrogens is 256 g/mol. The van der Waals surface area contributed by atoms with E-state index in [2.05, 4.69) is 0 Å². The molecule has 1 heterocycles. The summed E-state index contributed by atoms with van der Waals surface area (Å²) in [6, 6.07) is 7.32. The van der Waals surface area contributed by atoms with E-state index in [1.165, 1.54) is 7.11 Å². The van der Waals surface area contributed by atoms with Gasteiger partial charge in [0.1, 0.15) is 0 Å². The normalized spacial score (nSPS) is 18.9. The van der Waals surface area contributed by atoms with Crippen LogP contribution in [0.15, 0.2) is 24.3 Å². The lowest BCUT2D eigenvalue weighted by Crippen LogP contribution is -2.52. The van der Waals surface area contributed by atoms with E-state index in [0.717, 1.165) is 5.56 Å². The zero-order valence-electron chi connectivity index (χ0n) is 12.1. The lowest BCUT2D eigenvalue weighted by Gasteiger charge is -2.43. The van der Waals surface area contributed by atoms with Crippen molar-refractivity contribution in [2.45, 2.75) is 26.3 Å². The molecule has 0 spiro atoms. The number of hydrogen-bond donors (Lipinski definition) is 0. The third kappa shape index (κ3) is 2.41. The second kappa shape index (κ2) is 6.05. The first-order valence-corrected chi connectivity index (χ1v) is 6.88. The fourth-order valence-electron chi connectivity index (χ4n) is 2.74. The van der Waals surface area contributed by atoms with E-state index in [0.29, 0.717) is 18.7 Å². The number of carbonyl (C=O) groups excluding carboxylic acids is 2. The molecule has 0 fully saturated rings. The highest BCUT2D eigenvalue weighted by Gasteiger charge is 2.37. The topological polar surface area (TPSA) is 49.9 Å². The monoisotopic (exact) mass is 276 g/mol. The molecule has 5 heteroatoms. The Morgan fingerprint density at radius 3 is 2.55 bits per heavy atom. The molecule has 1 aliphatic heterocycles. The zero-order chi connectivity index (χ0) is 14.7. The van der Waals surface area contributed by atoms with Crippen molar-refractivity contribution < 1.29 is 14.3 Å². The molecule has 108 valence electrons. The lowest BCUT2D eigenvalue weighted by atomic mass is 9.94. The summed E-state index contributed by atoms with van der Waals surface area (Å²) in [5.74, 6) is -0.278. The van der Waals surface area contributed by atoms with Gasteiger partial charge in [-0.2, -0.15) is 0 Å². The number of hydrogen-bond acceptors (Lipinski definition) is 4. The van der Waals surface area contributed by atoms with Crippen LogP contribution in [0.2, 0.25) is 0 Å². The molecule has 0 bridgehead atoms. The Labute approximate surface area is 119 Å². The highest BCUT2D eigenvalue weighted by molar-refractivity contribution is 5.96. The fraction of sp³-hybridized carbons (Fsp3) is 0.467. The lowest BCUT2D eigenvalue weighted by molar-refractivity contribution is -0.144. The van der Waals surface area contributed by atoms with Gasteiger partial charge in [-0.3, -0.25) is 14.6 Å². The SMILES string of the molecule is CCN1C(=O)c2ccccc2C(CC(=O)OC)N1CC. The molecule has 0 radical (unpaired) electrons. The van der Waals surface area contributed by atoms with Crippen LogP contribution in [0, 0.1) is 0 Å². The van der Waals surface area contributed by atoms with E-state index in [9.17, 15) is 9.59 Å². The van der Waals surface area contributed by atoms with Crippen LogP contribution in [-0.4, -0.2) is 42.1 Å². The minimum Gasteiger partial charge on any atom is -0.469 e. The second-order valence-electron chi connectivity index (χ2n) is 4.66. The van der Waals surface area contributed by atoms with Crippen LogP contribution in [-0.2, 0) is 9.53 Å². The third-order valence-corrected chi connectivity index (χ3v) is 3.67. The number of carbonyl (C=O) groups is 2. The first kappa shape index (κ1) is 14.5. The van der Waals surface area contributed by atoms with E-state index >= 15 is 0 Å². The maximum Gasteiger partial charge on any atom is 0.307 e. The molecule has 0 N–H and O–H groups in total. The Kier molecular flexibility index (Phi) is 4.39. The fourth-order valence-corrected chi connectivity index (χ4v) is 2.74. The summed E-state index contributed by atoms with van der Waals surface area (Å²) in [4.78, 5) is 24.2. The molecule has 1 aromatic rings. The average molecular weight is 276 g/mol. The molecule has 0 aliphatic carbocycles. The minimum atomic E-state index is -0.270. The van der Waals surface area contributed by atoms with Crippen molar-refractivity contribution in [3.8, 4) is 0 Å². The number of benzene rings is 1. The number of nitrogens with zero attached hydrogens (tertiary/aromatic N) is 2. The Hall–Kier alpha value is -1.88. The maximum absolute atomic E-state index is 12.5.